The Bertz CT molecular complexity index is 1160. The number of rotatable bonds is 6. The molecule has 0 aromatic carbocycles. The van der Waals surface area contributed by atoms with Gasteiger partial charge in [0, 0.05) is 31.8 Å². The number of anilines is 1. The third kappa shape index (κ3) is 2.95. The van der Waals surface area contributed by atoms with Gasteiger partial charge in [0.25, 0.3) is 5.91 Å². The number of piperidine rings is 1. The molecule has 4 bridgehead atoms. The number of nitrogens with zero attached hydrogens (tertiary/aromatic N) is 3. The average Bonchev–Trinajstić information content (AvgIpc) is 3.44. The van der Waals surface area contributed by atoms with Crippen LogP contribution in [0.15, 0.2) is 24.4 Å². The second kappa shape index (κ2) is 7.30. The molecule has 7 fully saturated rings. The molecule has 2 aromatic heterocycles. The zero-order valence-electron chi connectivity index (χ0n) is 19.7. The number of pyridine rings is 1. The molecule has 7 aliphatic rings. The summed E-state index contributed by atoms with van der Waals surface area (Å²) in [6, 6.07) is 5.71. The molecule has 0 radical (unpaired) electrons. The molecule has 7 heteroatoms. The van der Waals surface area contributed by atoms with Gasteiger partial charge in [0.15, 0.2) is 0 Å². The minimum atomic E-state index is -0.0884. The maximum Gasteiger partial charge on any atom is 0.274 e. The lowest BCUT2D eigenvalue weighted by molar-refractivity contribution is -0.149. The first-order valence-corrected chi connectivity index (χ1v) is 13.2. The number of aromatic nitrogens is 2. The van der Waals surface area contributed by atoms with E-state index in [0.29, 0.717) is 42.0 Å². The predicted molar refractivity (Wildman–Crippen MR) is 127 cm³/mol. The third-order valence-corrected chi connectivity index (χ3v) is 10.2. The Hall–Kier alpha value is -2.41. The van der Waals surface area contributed by atoms with E-state index in [9.17, 15) is 14.7 Å². The van der Waals surface area contributed by atoms with E-state index in [1.807, 2.05) is 27.5 Å². The van der Waals surface area contributed by atoms with Crippen LogP contribution >= 0.6 is 0 Å². The Morgan fingerprint density at radius 2 is 1.94 bits per heavy atom. The quantitative estimate of drug-likeness (QED) is 0.682. The molecular formula is C27H34N4O3. The molecule has 1 spiro atoms. The van der Waals surface area contributed by atoms with Crippen molar-refractivity contribution in [2.24, 2.45) is 28.6 Å². The highest BCUT2D eigenvalue weighted by Gasteiger charge is 2.77. The third-order valence-electron chi connectivity index (χ3n) is 10.2. The van der Waals surface area contributed by atoms with Crippen LogP contribution in [-0.4, -0.2) is 50.4 Å². The Labute approximate surface area is 199 Å². The molecule has 6 saturated carbocycles. The minimum absolute atomic E-state index is 0.0666. The van der Waals surface area contributed by atoms with Gasteiger partial charge in [0.05, 0.1) is 0 Å². The van der Waals surface area contributed by atoms with Gasteiger partial charge in [-0.2, -0.15) is 0 Å². The van der Waals surface area contributed by atoms with E-state index in [0.717, 1.165) is 37.0 Å². The Morgan fingerprint density at radius 3 is 2.74 bits per heavy atom. The first kappa shape index (κ1) is 20.9. The van der Waals surface area contributed by atoms with Crippen LogP contribution in [0.1, 0.15) is 74.7 Å². The molecule has 6 aliphatic carbocycles. The van der Waals surface area contributed by atoms with E-state index < -0.39 is 0 Å². The van der Waals surface area contributed by atoms with Gasteiger partial charge in [-0.15, -0.1) is 0 Å². The van der Waals surface area contributed by atoms with Crippen molar-refractivity contribution < 1.29 is 14.7 Å². The summed E-state index contributed by atoms with van der Waals surface area (Å²) in [6.07, 6.45) is 12.5. The van der Waals surface area contributed by atoms with Gasteiger partial charge in [-0.1, -0.05) is 6.07 Å². The Kier molecular flexibility index (Phi) is 4.49. The number of hydrogen-bond donors (Lipinski definition) is 2. The van der Waals surface area contributed by atoms with Crippen molar-refractivity contribution >= 4 is 23.3 Å². The summed E-state index contributed by atoms with van der Waals surface area (Å²) in [7, 11) is 0. The second-order valence-corrected chi connectivity index (χ2v) is 11.9. The normalized spacial score (nSPS) is 37.3. The number of carbonyl (C=O) groups excluding carboxylic acids is 2. The van der Waals surface area contributed by atoms with E-state index >= 15 is 0 Å². The number of carbonyl (C=O) groups is 2. The van der Waals surface area contributed by atoms with Crippen LogP contribution in [0, 0.1) is 28.6 Å². The van der Waals surface area contributed by atoms with Crippen LogP contribution in [0.2, 0.25) is 0 Å². The first-order valence-electron chi connectivity index (χ1n) is 13.2. The summed E-state index contributed by atoms with van der Waals surface area (Å²) in [4.78, 5) is 33.0. The fraction of sp³-hybridized carbons (Fsp3) is 0.667. The zero-order chi connectivity index (χ0) is 23.1. The molecule has 4 unspecified atom stereocenters. The number of fused-ring (bicyclic) bond motifs is 1. The van der Waals surface area contributed by atoms with Gasteiger partial charge < -0.3 is 15.3 Å². The second-order valence-electron chi connectivity index (χ2n) is 11.9. The van der Waals surface area contributed by atoms with E-state index in [1.165, 1.54) is 32.1 Å². The van der Waals surface area contributed by atoms with E-state index in [2.05, 4.69) is 10.3 Å². The van der Waals surface area contributed by atoms with E-state index in [1.54, 1.807) is 6.20 Å². The van der Waals surface area contributed by atoms with Gasteiger partial charge in [-0.3, -0.25) is 14.0 Å². The maximum atomic E-state index is 13.3. The van der Waals surface area contributed by atoms with Crippen molar-refractivity contribution in [1.82, 2.24) is 14.3 Å². The highest BCUT2D eigenvalue weighted by Crippen LogP contribution is 2.85. The summed E-state index contributed by atoms with van der Waals surface area (Å²) in [5.41, 5.74) is 1.98. The molecular weight excluding hydrogens is 428 g/mol. The molecule has 2 aromatic rings. The first-order chi connectivity index (χ1) is 16.5. The highest BCUT2D eigenvalue weighted by atomic mass is 16.3. The lowest BCUT2D eigenvalue weighted by atomic mass is 9.41. The van der Waals surface area contributed by atoms with Crippen LogP contribution in [0.25, 0.3) is 5.65 Å². The van der Waals surface area contributed by atoms with Crippen LogP contribution in [0.5, 0.6) is 0 Å². The standard InChI is InChI=1S/C27H34N4O3/c32-9-7-20-4-1-2-8-30(20)25(34)21-16-31-22(28-21)5-3-6-23(31)29-24(33)15-26-11-17-10-18(12-26)27(17)14-19(27)13-26/h3,5-6,16-20,32H,1-2,4,7-15H2,(H,29,33). The van der Waals surface area contributed by atoms with Crippen molar-refractivity contribution in [3.05, 3.63) is 30.1 Å². The lowest BCUT2D eigenvalue weighted by Crippen LogP contribution is -2.56. The topological polar surface area (TPSA) is 86.9 Å². The van der Waals surface area contributed by atoms with Gasteiger partial charge >= 0.3 is 0 Å². The summed E-state index contributed by atoms with van der Waals surface area (Å²) in [5, 5.41) is 12.6. The molecule has 3 heterocycles. The number of likely N-dealkylation sites (tertiary alicyclic amines) is 1. The van der Waals surface area contributed by atoms with Crippen molar-refractivity contribution in [2.45, 2.75) is 70.3 Å². The van der Waals surface area contributed by atoms with Gasteiger partial charge in [-0.05, 0) is 98.5 Å². The van der Waals surface area contributed by atoms with Gasteiger partial charge in [0.2, 0.25) is 5.91 Å². The summed E-state index contributed by atoms with van der Waals surface area (Å²) < 4.78 is 1.83. The zero-order valence-corrected chi connectivity index (χ0v) is 19.7. The van der Waals surface area contributed by atoms with Crippen molar-refractivity contribution in [1.29, 1.82) is 0 Å². The van der Waals surface area contributed by atoms with Crippen LogP contribution in [0.4, 0.5) is 5.82 Å². The van der Waals surface area contributed by atoms with Crippen LogP contribution < -0.4 is 5.32 Å². The van der Waals surface area contributed by atoms with Gasteiger partial charge in [-0.25, -0.2) is 4.98 Å². The average molecular weight is 463 g/mol. The van der Waals surface area contributed by atoms with Crippen LogP contribution in [0.3, 0.4) is 0 Å². The Morgan fingerprint density at radius 1 is 1.12 bits per heavy atom. The van der Waals surface area contributed by atoms with Crippen molar-refractivity contribution in [3.63, 3.8) is 0 Å². The summed E-state index contributed by atoms with van der Waals surface area (Å²) >= 11 is 0. The molecule has 180 valence electrons. The number of imidazole rings is 1. The smallest absolute Gasteiger partial charge is 0.274 e. The van der Waals surface area contributed by atoms with Crippen molar-refractivity contribution in [2.75, 3.05) is 18.5 Å². The number of aliphatic hydroxyl groups is 1. The molecule has 2 N–H and O–H groups in total. The monoisotopic (exact) mass is 462 g/mol. The predicted octanol–water partition coefficient (Wildman–Crippen LogP) is 3.87. The number of aliphatic hydroxyl groups excluding tert-OH is 1. The molecule has 4 atom stereocenters. The largest absolute Gasteiger partial charge is 0.396 e. The lowest BCUT2D eigenvalue weighted by Gasteiger charge is -2.63. The number of nitrogens with one attached hydrogen (secondary N) is 1. The molecule has 7 nitrogen and oxygen atoms in total. The van der Waals surface area contributed by atoms with Crippen LogP contribution in [-0.2, 0) is 4.79 Å². The van der Waals surface area contributed by atoms with Gasteiger partial charge in [0.1, 0.15) is 17.2 Å². The maximum absolute atomic E-state index is 13.3. The molecule has 34 heavy (non-hydrogen) atoms. The van der Waals surface area contributed by atoms with Crippen molar-refractivity contribution in [3.8, 4) is 0 Å². The fourth-order valence-corrected chi connectivity index (χ4v) is 8.77. The SMILES string of the molecule is O=C(CC12CC3CC(C1)C31CC1C2)Nc1cccc2nc(C(=O)N3CCCCC3CCO)cn12. The minimum Gasteiger partial charge on any atom is -0.396 e. The molecule has 2 amide bonds. The summed E-state index contributed by atoms with van der Waals surface area (Å²) in [6.45, 7) is 0.786. The molecule has 1 aliphatic heterocycles. The Balaban J connectivity index is 1.09. The molecule has 9 rings (SSSR count). The fourth-order valence-electron chi connectivity index (χ4n) is 8.77. The summed E-state index contributed by atoms with van der Waals surface area (Å²) in [5.74, 6) is 3.33. The number of hydrogen-bond acceptors (Lipinski definition) is 4. The highest BCUT2D eigenvalue weighted by molar-refractivity contribution is 5.94. The number of amides is 2. The molecule has 1 saturated heterocycles. The van der Waals surface area contributed by atoms with E-state index in [4.69, 9.17) is 0 Å². The van der Waals surface area contributed by atoms with E-state index in [-0.39, 0.29) is 29.9 Å².